The van der Waals surface area contributed by atoms with Gasteiger partial charge < -0.3 is 9.84 Å². The lowest BCUT2D eigenvalue weighted by molar-refractivity contribution is -0.139. The van der Waals surface area contributed by atoms with Gasteiger partial charge in [0, 0.05) is 24.6 Å². The van der Waals surface area contributed by atoms with Crippen molar-refractivity contribution in [3.8, 4) is 5.75 Å². The molecule has 0 saturated heterocycles. The highest BCUT2D eigenvalue weighted by molar-refractivity contribution is 5.69. The molecule has 19 heavy (non-hydrogen) atoms. The lowest BCUT2D eigenvalue weighted by Crippen LogP contribution is -2.38. The summed E-state index contributed by atoms with van der Waals surface area (Å²) in [6.07, 6.45) is 0.844. The van der Waals surface area contributed by atoms with Gasteiger partial charge in [0.25, 0.3) is 0 Å². The zero-order valence-corrected chi connectivity index (χ0v) is 11.5. The highest BCUT2D eigenvalue weighted by Gasteiger charge is 2.28. The first-order valence-corrected chi connectivity index (χ1v) is 6.75. The summed E-state index contributed by atoms with van der Waals surface area (Å²) in [6, 6.07) is 8.06. The maximum absolute atomic E-state index is 11.1. The molecule has 0 radical (unpaired) electrons. The Balaban J connectivity index is 2.24. The summed E-state index contributed by atoms with van der Waals surface area (Å²) in [5.41, 5.74) is 1.11. The van der Waals surface area contributed by atoms with Crippen LogP contribution in [-0.4, -0.2) is 35.7 Å². The topological polar surface area (TPSA) is 49.8 Å². The maximum atomic E-state index is 11.1. The van der Waals surface area contributed by atoms with Gasteiger partial charge in [-0.15, -0.1) is 0 Å². The minimum absolute atomic E-state index is 0.0805. The fourth-order valence-electron chi connectivity index (χ4n) is 2.65. The molecular formula is C15H21NO3. The summed E-state index contributed by atoms with van der Waals surface area (Å²) in [4.78, 5) is 13.1. The average molecular weight is 263 g/mol. The van der Waals surface area contributed by atoms with Crippen molar-refractivity contribution in [2.75, 3.05) is 19.7 Å². The monoisotopic (exact) mass is 263 g/mol. The Hall–Kier alpha value is -1.55. The second kappa shape index (κ2) is 6.06. The summed E-state index contributed by atoms with van der Waals surface area (Å²) < 4.78 is 5.64. The van der Waals surface area contributed by atoms with E-state index in [0.29, 0.717) is 12.5 Å². The van der Waals surface area contributed by atoms with E-state index < -0.39 is 5.97 Å². The molecule has 0 spiro atoms. The largest absolute Gasteiger partial charge is 0.493 e. The minimum atomic E-state index is -0.773. The molecule has 0 bridgehead atoms. The molecule has 0 aliphatic carbocycles. The van der Waals surface area contributed by atoms with Crippen molar-refractivity contribution < 1.29 is 14.6 Å². The number of benzene rings is 1. The molecule has 1 aliphatic heterocycles. The quantitative estimate of drug-likeness (QED) is 0.887. The number of aliphatic carboxylic acids is 1. The van der Waals surface area contributed by atoms with Crippen molar-refractivity contribution in [3.63, 3.8) is 0 Å². The lowest BCUT2D eigenvalue weighted by Gasteiger charge is -2.35. The van der Waals surface area contributed by atoms with Crippen LogP contribution < -0.4 is 4.74 Å². The van der Waals surface area contributed by atoms with Crippen LogP contribution in [0.1, 0.15) is 31.9 Å². The van der Waals surface area contributed by atoms with Crippen molar-refractivity contribution in [2.45, 2.75) is 26.3 Å². The molecule has 2 rings (SSSR count). The van der Waals surface area contributed by atoms with Gasteiger partial charge in [0.15, 0.2) is 0 Å². The van der Waals surface area contributed by atoms with Crippen LogP contribution in [0, 0.1) is 5.92 Å². The molecule has 4 heteroatoms. The number of hydrogen-bond acceptors (Lipinski definition) is 3. The highest BCUT2D eigenvalue weighted by Crippen LogP contribution is 2.35. The average Bonchev–Trinajstić information content (AvgIpc) is 2.36. The van der Waals surface area contributed by atoms with Gasteiger partial charge in [0.2, 0.25) is 0 Å². The fraction of sp³-hybridized carbons (Fsp3) is 0.533. The van der Waals surface area contributed by atoms with Crippen LogP contribution in [0.2, 0.25) is 0 Å². The molecule has 0 aromatic heterocycles. The molecule has 0 saturated carbocycles. The molecule has 1 aromatic carbocycles. The number of rotatable bonds is 5. The number of nitrogens with zero attached hydrogens (tertiary/aromatic N) is 1. The molecule has 1 unspecified atom stereocenters. The first kappa shape index (κ1) is 13.9. The van der Waals surface area contributed by atoms with Crippen LogP contribution in [0.3, 0.4) is 0 Å². The summed E-state index contributed by atoms with van der Waals surface area (Å²) in [5, 5.41) is 9.10. The second-order valence-electron chi connectivity index (χ2n) is 5.41. The predicted molar refractivity (Wildman–Crippen MR) is 73.3 cm³/mol. The lowest BCUT2D eigenvalue weighted by atomic mass is 9.98. The molecule has 1 heterocycles. The number of carboxylic acid groups (broad SMARTS) is 1. The molecule has 4 nitrogen and oxygen atoms in total. The van der Waals surface area contributed by atoms with Crippen molar-refractivity contribution >= 4 is 5.97 Å². The number of ether oxygens (including phenoxy) is 1. The minimum Gasteiger partial charge on any atom is -0.493 e. The third-order valence-corrected chi connectivity index (χ3v) is 3.31. The van der Waals surface area contributed by atoms with Gasteiger partial charge in [-0.2, -0.15) is 0 Å². The Labute approximate surface area is 114 Å². The van der Waals surface area contributed by atoms with Crippen LogP contribution >= 0.6 is 0 Å². The zero-order valence-electron chi connectivity index (χ0n) is 11.5. The molecule has 0 amide bonds. The molecule has 0 fully saturated rings. The Kier molecular flexibility index (Phi) is 4.43. The van der Waals surface area contributed by atoms with Gasteiger partial charge >= 0.3 is 5.97 Å². The molecule has 1 atom stereocenters. The highest BCUT2D eigenvalue weighted by atomic mass is 16.5. The van der Waals surface area contributed by atoms with Crippen molar-refractivity contribution in [3.05, 3.63) is 29.8 Å². The maximum Gasteiger partial charge on any atom is 0.317 e. The smallest absolute Gasteiger partial charge is 0.317 e. The van der Waals surface area contributed by atoms with E-state index in [1.807, 2.05) is 29.2 Å². The standard InChI is InChI=1S/C15H21NO3/c1-11(2)9-16(10-15(17)18)13-7-8-19-14-6-4-3-5-12(13)14/h3-6,11,13H,7-10H2,1-2H3,(H,17,18). The van der Waals surface area contributed by atoms with Gasteiger partial charge in [0.1, 0.15) is 5.75 Å². The van der Waals surface area contributed by atoms with Gasteiger partial charge in [0.05, 0.1) is 13.2 Å². The van der Waals surface area contributed by atoms with E-state index in [1.54, 1.807) is 0 Å². The van der Waals surface area contributed by atoms with E-state index in [1.165, 1.54) is 0 Å². The van der Waals surface area contributed by atoms with E-state index in [9.17, 15) is 4.79 Å². The van der Waals surface area contributed by atoms with Crippen LogP contribution in [0.5, 0.6) is 5.75 Å². The third kappa shape index (κ3) is 3.47. The van der Waals surface area contributed by atoms with Gasteiger partial charge in [-0.1, -0.05) is 32.0 Å². The van der Waals surface area contributed by atoms with E-state index in [0.717, 1.165) is 24.3 Å². The number of para-hydroxylation sites is 1. The number of hydrogen-bond donors (Lipinski definition) is 1. The van der Waals surface area contributed by atoms with E-state index in [4.69, 9.17) is 9.84 Å². The molecular weight excluding hydrogens is 242 g/mol. The number of fused-ring (bicyclic) bond motifs is 1. The SMILES string of the molecule is CC(C)CN(CC(=O)O)C1CCOc2ccccc21. The Morgan fingerprint density at radius 2 is 2.21 bits per heavy atom. The normalized spacial score (nSPS) is 18.2. The van der Waals surface area contributed by atoms with Crippen LogP contribution in [0.4, 0.5) is 0 Å². The number of carbonyl (C=O) groups is 1. The fourth-order valence-corrected chi connectivity index (χ4v) is 2.65. The third-order valence-electron chi connectivity index (χ3n) is 3.31. The summed E-state index contributed by atoms with van der Waals surface area (Å²) >= 11 is 0. The molecule has 1 N–H and O–H groups in total. The van der Waals surface area contributed by atoms with E-state index in [-0.39, 0.29) is 12.6 Å². The summed E-state index contributed by atoms with van der Waals surface area (Å²) in [7, 11) is 0. The predicted octanol–water partition coefficient (Wildman–Crippen LogP) is 2.55. The summed E-state index contributed by atoms with van der Waals surface area (Å²) in [5.74, 6) is 0.553. The van der Waals surface area contributed by atoms with Crippen molar-refractivity contribution in [1.82, 2.24) is 4.90 Å². The zero-order chi connectivity index (χ0) is 13.8. The first-order chi connectivity index (χ1) is 9.08. The van der Waals surface area contributed by atoms with Crippen LogP contribution in [0.15, 0.2) is 24.3 Å². The molecule has 1 aliphatic rings. The van der Waals surface area contributed by atoms with E-state index in [2.05, 4.69) is 13.8 Å². The second-order valence-corrected chi connectivity index (χ2v) is 5.41. The van der Waals surface area contributed by atoms with Crippen molar-refractivity contribution in [1.29, 1.82) is 0 Å². The molecule has 1 aromatic rings. The first-order valence-electron chi connectivity index (χ1n) is 6.75. The van der Waals surface area contributed by atoms with Gasteiger partial charge in [-0.25, -0.2) is 0 Å². The van der Waals surface area contributed by atoms with Crippen LogP contribution in [-0.2, 0) is 4.79 Å². The molecule has 104 valence electrons. The van der Waals surface area contributed by atoms with Crippen LogP contribution in [0.25, 0.3) is 0 Å². The van der Waals surface area contributed by atoms with E-state index >= 15 is 0 Å². The Morgan fingerprint density at radius 3 is 2.89 bits per heavy atom. The summed E-state index contributed by atoms with van der Waals surface area (Å²) in [6.45, 7) is 5.73. The van der Waals surface area contributed by atoms with Crippen molar-refractivity contribution in [2.24, 2.45) is 5.92 Å². The Bertz CT molecular complexity index is 445. The Morgan fingerprint density at radius 1 is 1.47 bits per heavy atom. The van der Waals surface area contributed by atoms with Gasteiger partial charge in [-0.3, -0.25) is 9.69 Å². The number of carboxylic acids is 1. The van der Waals surface area contributed by atoms with Gasteiger partial charge in [-0.05, 0) is 12.0 Å².